The Morgan fingerprint density at radius 1 is 0.857 bits per heavy atom. The number of benzene rings is 3. The van der Waals surface area contributed by atoms with Crippen molar-refractivity contribution in [3.05, 3.63) is 101 Å². The van der Waals surface area contributed by atoms with Gasteiger partial charge >= 0.3 is 0 Å². The predicted molar refractivity (Wildman–Crippen MR) is 116 cm³/mol. The molecule has 0 aliphatic rings. The molecule has 0 atom stereocenters. The zero-order valence-corrected chi connectivity index (χ0v) is 16.9. The van der Waals surface area contributed by atoms with Gasteiger partial charge in [-0.25, -0.2) is 4.99 Å². The van der Waals surface area contributed by atoms with E-state index in [1.807, 2.05) is 81.4 Å². The predicted octanol–water partition coefficient (Wildman–Crippen LogP) is 7.05. The van der Waals surface area contributed by atoms with Crippen LogP contribution in [0.25, 0.3) is 0 Å². The number of rotatable bonds is 5. The van der Waals surface area contributed by atoms with E-state index in [4.69, 9.17) is 21.1 Å². The van der Waals surface area contributed by atoms with Gasteiger partial charge in [-0.3, -0.25) is 0 Å². The van der Waals surface area contributed by atoms with Crippen LogP contribution in [0.3, 0.4) is 0 Å². The summed E-state index contributed by atoms with van der Waals surface area (Å²) < 4.78 is 11.8. The van der Waals surface area contributed by atoms with Crippen LogP contribution >= 0.6 is 11.6 Å². The van der Waals surface area contributed by atoms with Crippen molar-refractivity contribution in [2.45, 2.75) is 20.8 Å². The van der Waals surface area contributed by atoms with Crippen LogP contribution in [0.2, 0.25) is 5.02 Å². The van der Waals surface area contributed by atoms with Gasteiger partial charge in [-0.2, -0.15) is 0 Å². The van der Waals surface area contributed by atoms with E-state index in [2.05, 4.69) is 4.99 Å². The molecule has 0 fully saturated rings. The molecule has 0 saturated carbocycles. The second-order valence-corrected chi connectivity index (χ2v) is 6.98. The van der Waals surface area contributed by atoms with Gasteiger partial charge in [-0.05, 0) is 63.2 Å². The number of aryl methyl sites for hydroxylation is 2. The molecular weight excluding hydrogens is 370 g/mol. The molecule has 0 aromatic heterocycles. The third-order valence-corrected chi connectivity index (χ3v) is 4.24. The van der Waals surface area contributed by atoms with Gasteiger partial charge in [0.2, 0.25) is 5.90 Å². The number of hydrogen-bond acceptors (Lipinski definition) is 3. The van der Waals surface area contributed by atoms with E-state index >= 15 is 0 Å². The topological polar surface area (TPSA) is 30.8 Å². The lowest BCUT2D eigenvalue weighted by molar-refractivity contribution is 0.473. The lowest BCUT2D eigenvalue weighted by atomic mass is 10.2. The van der Waals surface area contributed by atoms with Gasteiger partial charge in [0.05, 0.1) is 11.9 Å². The number of nitrogens with zero attached hydrogens (tertiary/aromatic N) is 1. The molecule has 0 radical (unpaired) electrons. The maximum Gasteiger partial charge on any atom is 0.225 e. The minimum absolute atomic E-state index is 0.443. The Morgan fingerprint density at radius 2 is 1.50 bits per heavy atom. The Balaban J connectivity index is 1.88. The molecule has 28 heavy (non-hydrogen) atoms. The third-order valence-electron chi connectivity index (χ3n) is 4.01. The number of aliphatic imine (C=N–C) groups is 1. The van der Waals surface area contributed by atoms with E-state index in [0.717, 1.165) is 17.0 Å². The Labute approximate surface area is 170 Å². The summed E-state index contributed by atoms with van der Waals surface area (Å²) in [4.78, 5) is 4.65. The number of halogens is 1. The van der Waals surface area contributed by atoms with Crippen LogP contribution in [0.15, 0.2) is 89.6 Å². The molecule has 3 aromatic rings. The largest absolute Gasteiger partial charge is 0.465 e. The molecule has 142 valence electrons. The molecular formula is C24H22ClNO2. The van der Waals surface area contributed by atoms with Crippen molar-refractivity contribution in [2.24, 2.45) is 4.99 Å². The fraction of sp³-hybridized carbons (Fsp3) is 0.125. The smallest absolute Gasteiger partial charge is 0.225 e. The maximum atomic E-state index is 6.08. The molecule has 0 aliphatic carbocycles. The quantitative estimate of drug-likeness (QED) is 0.265. The van der Waals surface area contributed by atoms with Crippen LogP contribution in [0.4, 0.5) is 5.69 Å². The molecule has 0 spiro atoms. The van der Waals surface area contributed by atoms with Crippen molar-refractivity contribution in [3.63, 3.8) is 0 Å². The van der Waals surface area contributed by atoms with Crippen LogP contribution in [0, 0.1) is 13.8 Å². The molecule has 3 aromatic carbocycles. The van der Waals surface area contributed by atoms with Gasteiger partial charge in [0.15, 0.2) is 0 Å². The molecule has 0 N–H and O–H groups in total. The highest BCUT2D eigenvalue weighted by Gasteiger charge is 2.08. The zero-order valence-electron chi connectivity index (χ0n) is 16.1. The normalized spacial score (nSPS) is 12.0. The molecule has 0 amide bonds. The Kier molecular flexibility index (Phi) is 6.51. The van der Waals surface area contributed by atoms with E-state index in [0.29, 0.717) is 16.7 Å². The van der Waals surface area contributed by atoms with E-state index < -0.39 is 0 Å². The second kappa shape index (κ2) is 9.25. The summed E-state index contributed by atoms with van der Waals surface area (Å²) in [5.74, 6) is 1.81. The highest BCUT2D eigenvalue weighted by molar-refractivity contribution is 6.30. The van der Waals surface area contributed by atoms with Gasteiger partial charge in [-0.1, -0.05) is 53.1 Å². The average Bonchev–Trinajstić information content (AvgIpc) is 2.68. The number of ether oxygens (including phenoxy) is 2. The van der Waals surface area contributed by atoms with E-state index in [-0.39, 0.29) is 0 Å². The monoisotopic (exact) mass is 391 g/mol. The van der Waals surface area contributed by atoms with Gasteiger partial charge < -0.3 is 9.47 Å². The molecule has 0 bridgehead atoms. The Hall–Kier alpha value is -3.04. The van der Waals surface area contributed by atoms with Crippen LogP contribution in [-0.4, -0.2) is 5.90 Å². The minimum atomic E-state index is 0.443. The first kappa shape index (κ1) is 19.7. The van der Waals surface area contributed by atoms with Crippen molar-refractivity contribution in [1.29, 1.82) is 0 Å². The summed E-state index contributed by atoms with van der Waals surface area (Å²) in [6.07, 6.45) is 1.64. The van der Waals surface area contributed by atoms with Gasteiger partial charge in [0, 0.05) is 10.6 Å². The lowest BCUT2D eigenvalue weighted by Gasteiger charge is -2.11. The van der Waals surface area contributed by atoms with Crippen LogP contribution in [0.1, 0.15) is 18.1 Å². The average molecular weight is 392 g/mol. The van der Waals surface area contributed by atoms with E-state index in [1.165, 1.54) is 11.1 Å². The second-order valence-electron chi connectivity index (χ2n) is 6.54. The molecule has 0 heterocycles. The van der Waals surface area contributed by atoms with Crippen LogP contribution in [0.5, 0.6) is 11.5 Å². The summed E-state index contributed by atoms with van der Waals surface area (Å²) in [6, 6.07) is 23.0. The molecule has 0 saturated heterocycles. The first-order valence-corrected chi connectivity index (χ1v) is 9.37. The van der Waals surface area contributed by atoms with Gasteiger partial charge in [0.25, 0.3) is 0 Å². The fourth-order valence-corrected chi connectivity index (χ4v) is 2.57. The first-order chi connectivity index (χ1) is 13.5. The maximum absolute atomic E-state index is 6.08. The highest BCUT2D eigenvalue weighted by Crippen LogP contribution is 2.21. The molecule has 0 aliphatic heterocycles. The van der Waals surface area contributed by atoms with Gasteiger partial charge in [0.1, 0.15) is 11.5 Å². The third kappa shape index (κ3) is 5.73. The summed E-state index contributed by atoms with van der Waals surface area (Å²) >= 11 is 6.08. The van der Waals surface area contributed by atoms with E-state index in [9.17, 15) is 0 Å². The zero-order chi connectivity index (χ0) is 19.9. The van der Waals surface area contributed by atoms with Crippen molar-refractivity contribution >= 4 is 23.2 Å². The minimum Gasteiger partial charge on any atom is -0.465 e. The van der Waals surface area contributed by atoms with Crippen molar-refractivity contribution < 1.29 is 9.47 Å². The Morgan fingerprint density at radius 3 is 2.14 bits per heavy atom. The highest BCUT2D eigenvalue weighted by atomic mass is 35.5. The van der Waals surface area contributed by atoms with Crippen molar-refractivity contribution in [1.82, 2.24) is 0 Å². The first-order valence-electron chi connectivity index (χ1n) is 8.99. The summed E-state index contributed by atoms with van der Waals surface area (Å²) in [6.45, 7) is 5.97. The Bertz CT molecular complexity index is 990. The van der Waals surface area contributed by atoms with Crippen molar-refractivity contribution in [2.75, 3.05) is 0 Å². The summed E-state index contributed by atoms with van der Waals surface area (Å²) in [5, 5.41) is 0.602. The standard InChI is InChI=1S/C24H22ClNO2/c1-17-7-11-21(12-8-17)26-24(28-23-6-4-5-20(25)15-23)19(3)16-27-22-13-9-18(2)10-14-22/h4-16H,1-3H3. The summed E-state index contributed by atoms with van der Waals surface area (Å²) in [5.41, 5.74) is 3.90. The van der Waals surface area contributed by atoms with Gasteiger partial charge in [-0.15, -0.1) is 0 Å². The molecule has 0 unspecified atom stereocenters. The SMILES string of the molecule is CC(=COc1ccc(C)cc1)C(=Nc1ccc(C)cc1)Oc1cccc(Cl)c1. The summed E-state index contributed by atoms with van der Waals surface area (Å²) in [7, 11) is 0. The fourth-order valence-electron chi connectivity index (χ4n) is 2.39. The molecule has 4 heteroatoms. The van der Waals surface area contributed by atoms with E-state index in [1.54, 1.807) is 18.4 Å². The molecule has 3 rings (SSSR count). The molecule has 3 nitrogen and oxygen atoms in total. The number of hydrogen-bond donors (Lipinski definition) is 0. The lowest BCUT2D eigenvalue weighted by Crippen LogP contribution is -2.11. The van der Waals surface area contributed by atoms with Crippen molar-refractivity contribution in [3.8, 4) is 11.5 Å². The van der Waals surface area contributed by atoms with Crippen LogP contribution < -0.4 is 9.47 Å². The van der Waals surface area contributed by atoms with Crippen LogP contribution in [-0.2, 0) is 0 Å².